The molecule has 0 unspecified atom stereocenters. The molecule has 0 radical (unpaired) electrons. The van der Waals surface area contributed by atoms with E-state index in [1.54, 1.807) is 4.68 Å². The van der Waals surface area contributed by atoms with E-state index in [1.165, 1.54) is 0 Å². The van der Waals surface area contributed by atoms with Crippen LogP contribution >= 0.6 is 0 Å². The van der Waals surface area contributed by atoms with Gasteiger partial charge in [0.25, 0.3) is 0 Å². The average molecular weight is 294 g/mol. The minimum atomic E-state index is 0.0590. The highest BCUT2D eigenvalue weighted by Crippen LogP contribution is 2.23. The van der Waals surface area contributed by atoms with Crippen molar-refractivity contribution in [3.05, 3.63) is 5.82 Å². The van der Waals surface area contributed by atoms with E-state index in [0.717, 1.165) is 31.9 Å². The number of aromatic nitrogens is 4. The highest BCUT2D eigenvalue weighted by Gasteiger charge is 2.36. The van der Waals surface area contributed by atoms with Crippen LogP contribution < -0.4 is 5.32 Å². The van der Waals surface area contributed by atoms with Crippen molar-refractivity contribution in [3.8, 4) is 0 Å². The molecule has 0 bridgehead atoms. The Bertz CT molecular complexity index is 505. The molecule has 1 aromatic rings. The van der Waals surface area contributed by atoms with Crippen molar-refractivity contribution < 1.29 is 9.53 Å². The number of carbonyl (C=O) groups is 1. The first kappa shape index (κ1) is 14.4. The van der Waals surface area contributed by atoms with Crippen molar-refractivity contribution in [2.45, 2.75) is 51.4 Å². The molecule has 2 aliphatic rings. The molecule has 1 N–H and O–H groups in total. The van der Waals surface area contributed by atoms with Crippen molar-refractivity contribution in [3.63, 3.8) is 0 Å². The maximum absolute atomic E-state index is 12.0. The zero-order valence-electron chi connectivity index (χ0n) is 12.5. The lowest BCUT2D eigenvalue weighted by atomic mass is 10.1. The molecule has 8 nitrogen and oxygen atoms in total. The number of morpholine rings is 1. The standard InChI is InChI=1S/C13H22N6O2/c1-9-6-18-7-11(5-12(18)8-21-9)14-13(20)3-4-19-10(2)15-16-17-19/h9,11-12H,3-8H2,1-2H3,(H,14,20)/t9-,11+,12-/m0/s1. The van der Waals surface area contributed by atoms with E-state index in [0.29, 0.717) is 25.1 Å². The lowest BCUT2D eigenvalue weighted by Crippen LogP contribution is -2.45. The largest absolute Gasteiger partial charge is 0.376 e. The average Bonchev–Trinajstić information content (AvgIpc) is 3.01. The maximum atomic E-state index is 12.0. The molecule has 2 saturated heterocycles. The zero-order chi connectivity index (χ0) is 14.8. The second-order valence-corrected chi connectivity index (χ2v) is 5.95. The fourth-order valence-electron chi connectivity index (χ4n) is 3.11. The van der Waals surface area contributed by atoms with Gasteiger partial charge in [-0.3, -0.25) is 9.69 Å². The van der Waals surface area contributed by atoms with E-state index in [1.807, 2.05) is 6.92 Å². The number of hydrogen-bond donors (Lipinski definition) is 1. The second kappa shape index (κ2) is 6.07. The van der Waals surface area contributed by atoms with Crippen LogP contribution in [-0.2, 0) is 16.1 Å². The summed E-state index contributed by atoms with van der Waals surface area (Å²) in [6.45, 7) is 7.10. The predicted octanol–water partition coefficient (Wildman–Crippen LogP) is -0.651. The maximum Gasteiger partial charge on any atom is 0.222 e. The summed E-state index contributed by atoms with van der Waals surface area (Å²) in [4.78, 5) is 14.5. The van der Waals surface area contributed by atoms with Gasteiger partial charge >= 0.3 is 0 Å². The number of tetrazole rings is 1. The second-order valence-electron chi connectivity index (χ2n) is 5.95. The molecule has 8 heteroatoms. The van der Waals surface area contributed by atoms with E-state index in [-0.39, 0.29) is 11.9 Å². The summed E-state index contributed by atoms with van der Waals surface area (Å²) in [5, 5.41) is 14.3. The van der Waals surface area contributed by atoms with Crippen LogP contribution in [0.4, 0.5) is 0 Å². The molecule has 0 saturated carbocycles. The molecule has 3 heterocycles. The third-order valence-corrected chi connectivity index (χ3v) is 4.22. The summed E-state index contributed by atoms with van der Waals surface area (Å²) >= 11 is 0. The number of ether oxygens (including phenoxy) is 1. The Hall–Kier alpha value is -1.54. The molecule has 3 atom stereocenters. The molecule has 0 aromatic carbocycles. The number of nitrogens with zero attached hydrogens (tertiary/aromatic N) is 5. The molecule has 116 valence electrons. The number of fused-ring (bicyclic) bond motifs is 1. The molecule has 3 rings (SSSR count). The van der Waals surface area contributed by atoms with Gasteiger partial charge in [0.2, 0.25) is 5.91 Å². The minimum absolute atomic E-state index is 0.0590. The van der Waals surface area contributed by atoms with Crippen LogP contribution in [0, 0.1) is 6.92 Å². The van der Waals surface area contributed by atoms with Crippen LogP contribution in [0.2, 0.25) is 0 Å². The molecule has 0 spiro atoms. The number of nitrogens with one attached hydrogen (secondary N) is 1. The first-order valence-electron chi connectivity index (χ1n) is 7.49. The SMILES string of the molecule is Cc1nnnn1CCC(=O)N[C@@H]1C[C@H]2CO[C@@H](C)CN2C1. The molecule has 2 fully saturated rings. The molecule has 21 heavy (non-hydrogen) atoms. The van der Waals surface area contributed by atoms with Gasteiger partial charge in [-0.05, 0) is 30.7 Å². The molecule has 1 aromatic heterocycles. The predicted molar refractivity (Wildman–Crippen MR) is 74.5 cm³/mol. The van der Waals surface area contributed by atoms with Crippen molar-refractivity contribution in [1.82, 2.24) is 30.4 Å². The Morgan fingerprint density at radius 1 is 1.48 bits per heavy atom. The number of rotatable bonds is 4. The molecule has 2 aliphatic heterocycles. The zero-order valence-corrected chi connectivity index (χ0v) is 12.5. The van der Waals surface area contributed by atoms with Gasteiger partial charge in [0.1, 0.15) is 5.82 Å². The summed E-state index contributed by atoms with van der Waals surface area (Å²) in [5.41, 5.74) is 0. The number of hydrogen-bond acceptors (Lipinski definition) is 6. The van der Waals surface area contributed by atoms with E-state index in [9.17, 15) is 4.79 Å². The Labute approximate surface area is 123 Å². The van der Waals surface area contributed by atoms with Gasteiger partial charge in [0, 0.05) is 31.6 Å². The molecular weight excluding hydrogens is 272 g/mol. The van der Waals surface area contributed by atoms with Gasteiger partial charge in [-0.25, -0.2) is 4.68 Å². The normalized spacial score (nSPS) is 29.3. The van der Waals surface area contributed by atoms with Crippen LogP contribution in [0.3, 0.4) is 0 Å². The first-order chi connectivity index (χ1) is 10.1. The van der Waals surface area contributed by atoms with E-state index in [4.69, 9.17) is 4.74 Å². The van der Waals surface area contributed by atoms with E-state index in [2.05, 4.69) is 32.7 Å². The molecular formula is C13H22N6O2. The fourth-order valence-corrected chi connectivity index (χ4v) is 3.11. The highest BCUT2D eigenvalue weighted by atomic mass is 16.5. The van der Waals surface area contributed by atoms with Crippen molar-refractivity contribution in [1.29, 1.82) is 0 Å². The third kappa shape index (κ3) is 3.38. The Morgan fingerprint density at radius 3 is 3.10 bits per heavy atom. The van der Waals surface area contributed by atoms with Gasteiger partial charge in [-0.15, -0.1) is 5.10 Å². The Morgan fingerprint density at radius 2 is 2.33 bits per heavy atom. The monoisotopic (exact) mass is 294 g/mol. The lowest BCUT2D eigenvalue weighted by molar-refractivity contribution is -0.122. The third-order valence-electron chi connectivity index (χ3n) is 4.22. The van der Waals surface area contributed by atoms with Crippen molar-refractivity contribution in [2.24, 2.45) is 0 Å². The minimum Gasteiger partial charge on any atom is -0.376 e. The van der Waals surface area contributed by atoms with Gasteiger partial charge < -0.3 is 10.1 Å². The van der Waals surface area contributed by atoms with Gasteiger partial charge in [-0.2, -0.15) is 0 Å². The van der Waals surface area contributed by atoms with Crippen molar-refractivity contribution >= 4 is 5.91 Å². The summed E-state index contributed by atoms with van der Waals surface area (Å²) in [6, 6.07) is 0.680. The fraction of sp³-hybridized carbons (Fsp3) is 0.846. The number of carbonyl (C=O) groups excluding carboxylic acids is 1. The Kier molecular flexibility index (Phi) is 4.16. The number of amides is 1. The topological polar surface area (TPSA) is 85.2 Å². The molecule has 0 aliphatic carbocycles. The summed E-state index contributed by atoms with van der Waals surface area (Å²) in [6.07, 6.45) is 1.67. The highest BCUT2D eigenvalue weighted by molar-refractivity contribution is 5.76. The van der Waals surface area contributed by atoms with Gasteiger partial charge in [0.05, 0.1) is 19.3 Å². The van der Waals surface area contributed by atoms with Gasteiger partial charge in [-0.1, -0.05) is 0 Å². The number of aryl methyl sites for hydroxylation is 2. The van der Waals surface area contributed by atoms with Crippen LogP contribution in [0.25, 0.3) is 0 Å². The van der Waals surface area contributed by atoms with E-state index < -0.39 is 0 Å². The lowest BCUT2D eigenvalue weighted by Gasteiger charge is -2.33. The van der Waals surface area contributed by atoms with Gasteiger partial charge in [0.15, 0.2) is 0 Å². The smallest absolute Gasteiger partial charge is 0.222 e. The summed E-state index contributed by atoms with van der Waals surface area (Å²) in [7, 11) is 0. The van der Waals surface area contributed by atoms with Crippen LogP contribution in [0.5, 0.6) is 0 Å². The molecule has 1 amide bonds. The van der Waals surface area contributed by atoms with Crippen LogP contribution in [-0.4, -0.2) is 68.9 Å². The Balaban J connectivity index is 1.44. The summed E-state index contributed by atoms with van der Waals surface area (Å²) in [5.74, 6) is 0.788. The first-order valence-corrected chi connectivity index (χ1v) is 7.49. The van der Waals surface area contributed by atoms with Crippen molar-refractivity contribution in [2.75, 3.05) is 19.7 Å². The summed E-state index contributed by atoms with van der Waals surface area (Å²) < 4.78 is 7.32. The van der Waals surface area contributed by atoms with Crippen LogP contribution in [0.15, 0.2) is 0 Å². The van der Waals surface area contributed by atoms with E-state index >= 15 is 0 Å². The quantitative estimate of drug-likeness (QED) is 0.794. The van der Waals surface area contributed by atoms with Crippen LogP contribution in [0.1, 0.15) is 25.6 Å².